The maximum absolute atomic E-state index is 6.09. The summed E-state index contributed by atoms with van der Waals surface area (Å²) in [7, 11) is 0. The van der Waals surface area contributed by atoms with Crippen LogP contribution < -0.4 is 5.73 Å². The Labute approximate surface area is 131 Å². The number of hydrogen-bond acceptors (Lipinski definition) is 2. The lowest BCUT2D eigenvalue weighted by Gasteiger charge is -2.31. The van der Waals surface area contributed by atoms with Crippen molar-refractivity contribution in [1.29, 1.82) is 0 Å². The fraction of sp³-hybridized carbons (Fsp3) is 0.647. The van der Waals surface area contributed by atoms with Crippen molar-refractivity contribution < 1.29 is 0 Å². The van der Waals surface area contributed by atoms with E-state index in [-0.39, 0.29) is 0 Å². The summed E-state index contributed by atoms with van der Waals surface area (Å²) in [4.78, 5) is 2.58. The number of hydrogen-bond donors (Lipinski definition) is 1. The van der Waals surface area contributed by atoms with E-state index in [0.717, 1.165) is 13.1 Å². The number of likely N-dealkylation sites (tertiary alicyclic amines) is 1. The first kappa shape index (κ1) is 16.0. The molecule has 1 atom stereocenters. The molecule has 0 amide bonds. The third kappa shape index (κ3) is 3.84. The largest absolute Gasteiger partial charge is 0.329 e. The molecule has 0 spiro atoms. The zero-order valence-corrected chi connectivity index (χ0v) is 14.5. The first-order valence-corrected chi connectivity index (χ1v) is 8.42. The Morgan fingerprint density at radius 2 is 2.05 bits per heavy atom. The van der Waals surface area contributed by atoms with Crippen molar-refractivity contribution in [3.63, 3.8) is 0 Å². The van der Waals surface area contributed by atoms with Crippen LogP contribution in [0.5, 0.6) is 0 Å². The van der Waals surface area contributed by atoms with Crippen molar-refractivity contribution in [2.24, 2.45) is 11.1 Å². The Kier molecular flexibility index (Phi) is 5.27. The predicted molar refractivity (Wildman–Crippen MR) is 89.9 cm³/mol. The molecule has 1 aliphatic heterocycles. The van der Waals surface area contributed by atoms with Crippen LogP contribution in [0.1, 0.15) is 50.3 Å². The van der Waals surface area contributed by atoms with Gasteiger partial charge in [-0.3, -0.25) is 4.90 Å². The topological polar surface area (TPSA) is 29.3 Å². The number of halogens is 1. The highest BCUT2D eigenvalue weighted by molar-refractivity contribution is 9.10. The Bertz CT molecular complexity index is 456. The van der Waals surface area contributed by atoms with Gasteiger partial charge in [-0.25, -0.2) is 0 Å². The van der Waals surface area contributed by atoms with Gasteiger partial charge in [0.2, 0.25) is 0 Å². The minimum atomic E-state index is 0.348. The van der Waals surface area contributed by atoms with Gasteiger partial charge in [0.1, 0.15) is 0 Å². The molecule has 112 valence electrons. The first-order chi connectivity index (χ1) is 9.43. The molecule has 0 aliphatic carbocycles. The molecule has 2 rings (SSSR count). The molecule has 0 saturated carbocycles. The quantitative estimate of drug-likeness (QED) is 0.891. The molecule has 20 heavy (non-hydrogen) atoms. The molecule has 2 nitrogen and oxygen atoms in total. The summed E-state index contributed by atoms with van der Waals surface area (Å²) < 4.78 is 1.18. The summed E-state index contributed by atoms with van der Waals surface area (Å²) in [5, 5.41) is 0. The Hall–Kier alpha value is -0.380. The van der Waals surface area contributed by atoms with E-state index in [0.29, 0.717) is 18.0 Å². The van der Waals surface area contributed by atoms with Crippen LogP contribution in [0.4, 0.5) is 0 Å². The van der Waals surface area contributed by atoms with Crippen LogP contribution in [0.2, 0.25) is 0 Å². The Morgan fingerprint density at radius 3 is 2.70 bits per heavy atom. The van der Waals surface area contributed by atoms with E-state index in [1.54, 1.807) is 0 Å². The van der Waals surface area contributed by atoms with Gasteiger partial charge < -0.3 is 5.73 Å². The number of rotatable bonds is 3. The lowest BCUT2D eigenvalue weighted by atomic mass is 9.85. The van der Waals surface area contributed by atoms with Crippen LogP contribution in [0.15, 0.2) is 22.7 Å². The van der Waals surface area contributed by atoms with E-state index >= 15 is 0 Å². The number of nitrogens with two attached hydrogens (primary N) is 1. The van der Waals surface area contributed by atoms with Crippen LogP contribution in [-0.4, -0.2) is 24.5 Å². The molecular formula is C17H27BrN2. The summed E-state index contributed by atoms with van der Waals surface area (Å²) in [6, 6.07) is 7.00. The average Bonchev–Trinajstić information content (AvgIpc) is 2.56. The third-order valence-corrected chi connectivity index (χ3v) is 5.47. The number of benzene rings is 1. The highest BCUT2D eigenvalue weighted by Gasteiger charge is 2.27. The highest BCUT2D eigenvalue weighted by atomic mass is 79.9. The third-order valence-electron chi connectivity index (χ3n) is 4.62. The highest BCUT2D eigenvalue weighted by Crippen LogP contribution is 2.33. The van der Waals surface area contributed by atoms with Gasteiger partial charge in [0.15, 0.2) is 0 Å². The van der Waals surface area contributed by atoms with Crippen molar-refractivity contribution in [3.05, 3.63) is 33.8 Å². The summed E-state index contributed by atoms with van der Waals surface area (Å²) >= 11 is 3.64. The molecule has 1 heterocycles. The first-order valence-electron chi connectivity index (χ1n) is 7.63. The normalized spacial score (nSPS) is 21.4. The van der Waals surface area contributed by atoms with Crippen molar-refractivity contribution in [1.82, 2.24) is 4.90 Å². The average molecular weight is 339 g/mol. The van der Waals surface area contributed by atoms with Gasteiger partial charge in [0.25, 0.3) is 0 Å². The predicted octanol–water partition coefficient (Wildman–Crippen LogP) is 4.27. The molecule has 0 aromatic heterocycles. The second kappa shape index (κ2) is 6.59. The summed E-state index contributed by atoms with van der Waals surface area (Å²) in [5.74, 6) is 0. The molecule has 1 aromatic carbocycles. The van der Waals surface area contributed by atoms with Crippen molar-refractivity contribution in [2.75, 3.05) is 19.6 Å². The fourth-order valence-electron chi connectivity index (χ4n) is 3.07. The molecule has 0 radical (unpaired) electrons. The lowest BCUT2D eigenvalue weighted by Crippen LogP contribution is -2.35. The van der Waals surface area contributed by atoms with Gasteiger partial charge in [-0.15, -0.1) is 0 Å². The van der Waals surface area contributed by atoms with Gasteiger partial charge in [0, 0.05) is 17.1 Å². The molecule has 1 saturated heterocycles. The molecule has 3 heteroatoms. The Balaban J connectivity index is 2.17. The summed E-state index contributed by atoms with van der Waals surface area (Å²) in [5.41, 5.74) is 9.18. The van der Waals surface area contributed by atoms with Crippen molar-refractivity contribution >= 4 is 15.9 Å². The van der Waals surface area contributed by atoms with Crippen LogP contribution >= 0.6 is 15.9 Å². The molecule has 1 unspecified atom stereocenters. The molecule has 2 N–H and O–H groups in total. The van der Waals surface area contributed by atoms with E-state index in [2.05, 4.69) is 59.8 Å². The molecule has 1 aliphatic rings. The second-order valence-corrected chi connectivity index (χ2v) is 7.67. The van der Waals surface area contributed by atoms with E-state index < -0.39 is 0 Å². The van der Waals surface area contributed by atoms with E-state index in [1.165, 1.54) is 34.9 Å². The van der Waals surface area contributed by atoms with E-state index in [4.69, 9.17) is 5.73 Å². The zero-order chi connectivity index (χ0) is 14.8. The molecule has 1 fully saturated rings. The number of aryl methyl sites for hydroxylation is 1. The zero-order valence-electron chi connectivity index (χ0n) is 13.0. The molecule has 0 bridgehead atoms. The van der Waals surface area contributed by atoms with Crippen molar-refractivity contribution in [3.8, 4) is 0 Å². The maximum atomic E-state index is 6.09. The fourth-order valence-corrected chi connectivity index (χ4v) is 3.46. The van der Waals surface area contributed by atoms with Crippen LogP contribution in [0, 0.1) is 12.3 Å². The number of nitrogens with zero attached hydrogens (tertiary/aromatic N) is 1. The van der Waals surface area contributed by atoms with Crippen LogP contribution in [0.25, 0.3) is 0 Å². The monoisotopic (exact) mass is 338 g/mol. The van der Waals surface area contributed by atoms with Gasteiger partial charge in [-0.1, -0.05) is 41.9 Å². The van der Waals surface area contributed by atoms with Gasteiger partial charge >= 0.3 is 0 Å². The molecule has 1 aromatic rings. The van der Waals surface area contributed by atoms with E-state index in [9.17, 15) is 0 Å². The second-order valence-electron chi connectivity index (χ2n) is 6.81. The maximum Gasteiger partial charge on any atom is 0.0470 e. The minimum Gasteiger partial charge on any atom is -0.329 e. The lowest BCUT2D eigenvalue weighted by molar-refractivity contribution is 0.200. The van der Waals surface area contributed by atoms with Crippen molar-refractivity contribution in [2.45, 2.75) is 46.1 Å². The molecular weight excluding hydrogens is 312 g/mol. The van der Waals surface area contributed by atoms with Gasteiger partial charge in [-0.2, -0.15) is 0 Å². The van der Waals surface area contributed by atoms with Gasteiger partial charge in [0.05, 0.1) is 0 Å². The summed E-state index contributed by atoms with van der Waals surface area (Å²) in [6.45, 7) is 9.90. The van der Waals surface area contributed by atoms with Crippen LogP contribution in [0.3, 0.4) is 0 Å². The Morgan fingerprint density at radius 1 is 1.30 bits per heavy atom. The van der Waals surface area contributed by atoms with Gasteiger partial charge in [-0.05, 0) is 61.9 Å². The smallest absolute Gasteiger partial charge is 0.0470 e. The standard InChI is InChI=1S/C17H27BrN2/c1-13-5-6-14(11-15(13)18)16(12-19)20-9-4-7-17(2,3)8-10-20/h5-6,11,16H,4,7-10,12,19H2,1-3H3. The SMILES string of the molecule is Cc1ccc(C(CN)N2CCCC(C)(C)CC2)cc1Br. The minimum absolute atomic E-state index is 0.348. The van der Waals surface area contributed by atoms with Crippen LogP contribution in [-0.2, 0) is 0 Å². The summed E-state index contributed by atoms with van der Waals surface area (Å²) in [6.07, 6.45) is 3.85. The van der Waals surface area contributed by atoms with E-state index in [1.807, 2.05) is 0 Å².